The smallest absolute Gasteiger partial charge is 0.218 e. The molecule has 0 amide bonds. The third-order valence-corrected chi connectivity index (χ3v) is 2.76. The largest absolute Gasteiger partial charge is 0.477 e. The van der Waals surface area contributed by atoms with Gasteiger partial charge in [0.05, 0.1) is 6.61 Å². The van der Waals surface area contributed by atoms with Crippen LogP contribution in [0, 0.1) is 12.8 Å². The summed E-state index contributed by atoms with van der Waals surface area (Å²) in [4.78, 5) is 4.36. The molecule has 2 rings (SSSR count). The van der Waals surface area contributed by atoms with Crippen LogP contribution in [0.15, 0.2) is 12.1 Å². The van der Waals surface area contributed by atoms with Crippen molar-refractivity contribution in [3.8, 4) is 5.88 Å². The van der Waals surface area contributed by atoms with Gasteiger partial charge in [0.15, 0.2) is 0 Å². The number of nitrogens with two attached hydrogens (primary N) is 1. The van der Waals surface area contributed by atoms with Crippen molar-refractivity contribution >= 4 is 0 Å². The van der Waals surface area contributed by atoms with Crippen LogP contribution >= 0.6 is 0 Å². The molecule has 0 aliphatic heterocycles. The fourth-order valence-corrected chi connectivity index (χ4v) is 1.57. The predicted molar refractivity (Wildman–Crippen MR) is 59.7 cm³/mol. The summed E-state index contributed by atoms with van der Waals surface area (Å²) >= 11 is 0. The average molecular weight is 206 g/mol. The van der Waals surface area contributed by atoms with Crippen molar-refractivity contribution in [3.63, 3.8) is 0 Å². The number of rotatable bonds is 5. The molecule has 1 aliphatic carbocycles. The van der Waals surface area contributed by atoms with E-state index in [1.165, 1.54) is 12.8 Å². The SMILES string of the molecule is Cc1ccc(CN)c(OCCC2CC2)n1. The normalized spacial score (nSPS) is 15.3. The molecular weight excluding hydrogens is 188 g/mol. The minimum atomic E-state index is 0.492. The highest BCUT2D eigenvalue weighted by molar-refractivity contribution is 5.27. The zero-order chi connectivity index (χ0) is 10.7. The number of ether oxygens (including phenoxy) is 1. The summed E-state index contributed by atoms with van der Waals surface area (Å²) < 4.78 is 5.67. The van der Waals surface area contributed by atoms with Crippen molar-refractivity contribution in [2.75, 3.05) is 6.61 Å². The number of aryl methyl sites for hydroxylation is 1. The van der Waals surface area contributed by atoms with Gasteiger partial charge in [0.2, 0.25) is 5.88 Å². The molecule has 0 radical (unpaired) electrons. The molecule has 1 saturated carbocycles. The van der Waals surface area contributed by atoms with Crippen LogP contribution in [0.4, 0.5) is 0 Å². The third kappa shape index (κ3) is 2.93. The molecule has 82 valence electrons. The average Bonchev–Trinajstić information content (AvgIpc) is 3.02. The Morgan fingerprint density at radius 2 is 2.27 bits per heavy atom. The summed E-state index contributed by atoms with van der Waals surface area (Å²) in [5.41, 5.74) is 7.60. The van der Waals surface area contributed by atoms with E-state index in [9.17, 15) is 0 Å². The molecule has 1 aliphatic rings. The Morgan fingerprint density at radius 3 is 2.93 bits per heavy atom. The van der Waals surface area contributed by atoms with Gasteiger partial charge in [0.25, 0.3) is 0 Å². The van der Waals surface area contributed by atoms with Crippen LogP contribution in [0.3, 0.4) is 0 Å². The summed E-state index contributed by atoms with van der Waals surface area (Å²) in [6.07, 6.45) is 3.89. The first-order valence-corrected chi connectivity index (χ1v) is 5.59. The molecule has 1 aromatic rings. The lowest BCUT2D eigenvalue weighted by atomic mass is 10.2. The van der Waals surface area contributed by atoms with Crippen LogP contribution in [-0.2, 0) is 6.54 Å². The molecule has 15 heavy (non-hydrogen) atoms. The van der Waals surface area contributed by atoms with E-state index in [1.807, 2.05) is 19.1 Å². The Bertz CT molecular complexity index is 334. The monoisotopic (exact) mass is 206 g/mol. The van der Waals surface area contributed by atoms with Crippen LogP contribution in [0.5, 0.6) is 5.88 Å². The first-order valence-electron chi connectivity index (χ1n) is 5.59. The van der Waals surface area contributed by atoms with Crippen molar-refractivity contribution in [1.82, 2.24) is 4.98 Å². The summed E-state index contributed by atoms with van der Waals surface area (Å²) in [6, 6.07) is 3.96. The molecule has 2 N–H and O–H groups in total. The second kappa shape index (κ2) is 4.62. The molecule has 3 heteroatoms. The van der Waals surface area contributed by atoms with E-state index < -0.39 is 0 Å². The Balaban J connectivity index is 1.94. The van der Waals surface area contributed by atoms with E-state index in [0.29, 0.717) is 6.54 Å². The lowest BCUT2D eigenvalue weighted by Crippen LogP contribution is -2.06. The molecule has 0 saturated heterocycles. The second-order valence-corrected chi connectivity index (χ2v) is 4.20. The zero-order valence-electron chi connectivity index (χ0n) is 9.20. The molecule has 0 unspecified atom stereocenters. The summed E-state index contributed by atoms with van der Waals surface area (Å²) in [6.45, 7) is 3.23. The predicted octanol–water partition coefficient (Wildman–Crippen LogP) is 2.03. The van der Waals surface area contributed by atoms with Gasteiger partial charge in [0.1, 0.15) is 0 Å². The quantitative estimate of drug-likeness (QED) is 0.801. The maximum absolute atomic E-state index is 5.67. The van der Waals surface area contributed by atoms with E-state index >= 15 is 0 Å². The van der Waals surface area contributed by atoms with E-state index in [-0.39, 0.29) is 0 Å². The number of hydrogen-bond acceptors (Lipinski definition) is 3. The maximum Gasteiger partial charge on any atom is 0.218 e. The van der Waals surface area contributed by atoms with Gasteiger partial charge in [-0.05, 0) is 25.3 Å². The molecular formula is C12H18N2O. The molecule has 1 heterocycles. The summed E-state index contributed by atoms with van der Waals surface area (Å²) in [5.74, 6) is 1.62. The Kier molecular flexibility index (Phi) is 3.21. The fraction of sp³-hybridized carbons (Fsp3) is 0.583. The second-order valence-electron chi connectivity index (χ2n) is 4.20. The minimum absolute atomic E-state index is 0.492. The van der Waals surface area contributed by atoms with Gasteiger partial charge >= 0.3 is 0 Å². The van der Waals surface area contributed by atoms with E-state index in [2.05, 4.69) is 4.98 Å². The highest BCUT2D eigenvalue weighted by Crippen LogP contribution is 2.32. The molecule has 0 bridgehead atoms. The maximum atomic E-state index is 5.67. The first-order chi connectivity index (χ1) is 7.29. The van der Waals surface area contributed by atoms with Gasteiger partial charge in [-0.1, -0.05) is 18.9 Å². The highest BCUT2D eigenvalue weighted by atomic mass is 16.5. The topological polar surface area (TPSA) is 48.1 Å². The van der Waals surface area contributed by atoms with Gasteiger partial charge < -0.3 is 10.5 Å². The van der Waals surface area contributed by atoms with Gasteiger partial charge in [-0.3, -0.25) is 0 Å². The van der Waals surface area contributed by atoms with Crippen LogP contribution in [0.25, 0.3) is 0 Å². The summed E-state index contributed by atoms with van der Waals surface area (Å²) in [7, 11) is 0. The van der Waals surface area contributed by atoms with Gasteiger partial charge in [-0.2, -0.15) is 0 Å². The first kappa shape index (κ1) is 10.4. The molecule has 1 aromatic heterocycles. The molecule has 0 aromatic carbocycles. The Labute approximate surface area is 90.7 Å². The highest BCUT2D eigenvalue weighted by Gasteiger charge is 2.20. The Morgan fingerprint density at radius 1 is 1.47 bits per heavy atom. The zero-order valence-corrected chi connectivity index (χ0v) is 9.20. The van der Waals surface area contributed by atoms with Gasteiger partial charge in [-0.15, -0.1) is 0 Å². The number of hydrogen-bond donors (Lipinski definition) is 1. The lowest BCUT2D eigenvalue weighted by molar-refractivity contribution is 0.287. The van der Waals surface area contributed by atoms with Crippen molar-refractivity contribution in [1.29, 1.82) is 0 Å². The fourth-order valence-electron chi connectivity index (χ4n) is 1.57. The van der Waals surface area contributed by atoms with E-state index in [0.717, 1.165) is 36.1 Å². The van der Waals surface area contributed by atoms with Gasteiger partial charge in [0, 0.05) is 17.8 Å². The van der Waals surface area contributed by atoms with Crippen LogP contribution in [-0.4, -0.2) is 11.6 Å². The van der Waals surface area contributed by atoms with Crippen LogP contribution < -0.4 is 10.5 Å². The van der Waals surface area contributed by atoms with Crippen LogP contribution in [0.2, 0.25) is 0 Å². The minimum Gasteiger partial charge on any atom is -0.477 e. The summed E-state index contributed by atoms with van der Waals surface area (Å²) in [5, 5.41) is 0. The van der Waals surface area contributed by atoms with Gasteiger partial charge in [-0.25, -0.2) is 4.98 Å². The van der Waals surface area contributed by atoms with Crippen molar-refractivity contribution in [2.24, 2.45) is 11.7 Å². The molecule has 0 spiro atoms. The number of nitrogens with zero attached hydrogens (tertiary/aromatic N) is 1. The van der Waals surface area contributed by atoms with Crippen molar-refractivity contribution < 1.29 is 4.74 Å². The standard InChI is InChI=1S/C12H18N2O/c1-9-2-5-11(8-13)12(14-9)15-7-6-10-3-4-10/h2,5,10H,3-4,6-8,13H2,1H3. The number of pyridine rings is 1. The van der Waals surface area contributed by atoms with E-state index in [4.69, 9.17) is 10.5 Å². The Hall–Kier alpha value is -1.09. The van der Waals surface area contributed by atoms with Crippen molar-refractivity contribution in [2.45, 2.75) is 32.7 Å². The van der Waals surface area contributed by atoms with E-state index in [1.54, 1.807) is 0 Å². The molecule has 3 nitrogen and oxygen atoms in total. The van der Waals surface area contributed by atoms with Crippen molar-refractivity contribution in [3.05, 3.63) is 23.4 Å². The number of aromatic nitrogens is 1. The molecule has 1 fully saturated rings. The van der Waals surface area contributed by atoms with Crippen LogP contribution in [0.1, 0.15) is 30.5 Å². The lowest BCUT2D eigenvalue weighted by Gasteiger charge is -2.09. The third-order valence-electron chi connectivity index (χ3n) is 2.76. The molecule has 0 atom stereocenters.